The first kappa shape index (κ1) is 16.1. The summed E-state index contributed by atoms with van der Waals surface area (Å²) in [5.41, 5.74) is 1.60. The van der Waals surface area contributed by atoms with Crippen LogP contribution in [0, 0.1) is 0 Å². The SMILES string of the molecule is COc1cc2c(cc1OC)C(C)(C(C)N1CCCC1)CNC2=O. The number of nitrogens with one attached hydrogen (secondary N) is 1. The van der Waals surface area contributed by atoms with Crippen LogP contribution in [-0.2, 0) is 5.41 Å². The van der Waals surface area contributed by atoms with Gasteiger partial charge in [-0.15, -0.1) is 0 Å². The van der Waals surface area contributed by atoms with Crippen molar-refractivity contribution < 1.29 is 14.3 Å². The minimum atomic E-state index is -0.146. The number of benzene rings is 1. The number of hydrogen-bond acceptors (Lipinski definition) is 4. The van der Waals surface area contributed by atoms with Crippen molar-refractivity contribution in [3.8, 4) is 11.5 Å². The smallest absolute Gasteiger partial charge is 0.251 e. The van der Waals surface area contributed by atoms with Crippen molar-refractivity contribution in [2.45, 2.75) is 38.1 Å². The Hall–Kier alpha value is -1.75. The fourth-order valence-electron chi connectivity index (χ4n) is 3.90. The Morgan fingerprint density at radius 1 is 1.17 bits per heavy atom. The van der Waals surface area contributed by atoms with Gasteiger partial charge < -0.3 is 14.8 Å². The quantitative estimate of drug-likeness (QED) is 0.924. The molecule has 5 heteroatoms. The second-order valence-electron chi connectivity index (χ2n) is 6.77. The van der Waals surface area contributed by atoms with E-state index in [9.17, 15) is 4.79 Å². The van der Waals surface area contributed by atoms with Crippen molar-refractivity contribution in [1.82, 2.24) is 10.2 Å². The zero-order valence-corrected chi connectivity index (χ0v) is 14.4. The molecule has 1 aromatic carbocycles. The van der Waals surface area contributed by atoms with Gasteiger partial charge in [0.05, 0.1) is 14.2 Å². The lowest BCUT2D eigenvalue weighted by Gasteiger charge is -2.44. The molecule has 1 aromatic rings. The molecule has 2 unspecified atom stereocenters. The molecule has 3 rings (SSSR count). The Kier molecular flexibility index (Phi) is 4.23. The number of amides is 1. The van der Waals surface area contributed by atoms with Crippen LogP contribution in [0.2, 0.25) is 0 Å². The van der Waals surface area contributed by atoms with Crippen LogP contribution in [0.25, 0.3) is 0 Å². The molecule has 0 aromatic heterocycles. The van der Waals surface area contributed by atoms with Gasteiger partial charge in [0.15, 0.2) is 11.5 Å². The third-order valence-corrected chi connectivity index (χ3v) is 5.61. The van der Waals surface area contributed by atoms with E-state index >= 15 is 0 Å². The van der Waals surface area contributed by atoms with Crippen molar-refractivity contribution in [2.24, 2.45) is 0 Å². The van der Waals surface area contributed by atoms with Gasteiger partial charge >= 0.3 is 0 Å². The van der Waals surface area contributed by atoms with Crippen LogP contribution in [0.3, 0.4) is 0 Å². The molecule has 1 amide bonds. The summed E-state index contributed by atoms with van der Waals surface area (Å²) >= 11 is 0. The maximum Gasteiger partial charge on any atom is 0.251 e. The van der Waals surface area contributed by atoms with Gasteiger partial charge in [-0.2, -0.15) is 0 Å². The van der Waals surface area contributed by atoms with Crippen LogP contribution >= 0.6 is 0 Å². The van der Waals surface area contributed by atoms with E-state index in [1.165, 1.54) is 12.8 Å². The summed E-state index contributed by atoms with van der Waals surface area (Å²) in [6.45, 7) is 7.41. The maximum atomic E-state index is 12.4. The topological polar surface area (TPSA) is 50.8 Å². The molecule has 0 aliphatic carbocycles. The summed E-state index contributed by atoms with van der Waals surface area (Å²) < 4.78 is 10.8. The Morgan fingerprint density at radius 2 is 1.78 bits per heavy atom. The summed E-state index contributed by atoms with van der Waals surface area (Å²) in [5.74, 6) is 1.24. The minimum Gasteiger partial charge on any atom is -0.493 e. The molecule has 1 N–H and O–H groups in total. The van der Waals surface area contributed by atoms with Crippen molar-refractivity contribution >= 4 is 5.91 Å². The number of carbonyl (C=O) groups excluding carboxylic acids is 1. The fraction of sp³-hybridized carbons (Fsp3) is 0.611. The number of fused-ring (bicyclic) bond motifs is 1. The molecule has 2 heterocycles. The average molecular weight is 318 g/mol. The number of nitrogens with zero attached hydrogens (tertiary/aromatic N) is 1. The Labute approximate surface area is 137 Å². The molecule has 5 nitrogen and oxygen atoms in total. The van der Waals surface area contributed by atoms with Crippen LogP contribution < -0.4 is 14.8 Å². The van der Waals surface area contributed by atoms with Crippen molar-refractivity contribution in [1.29, 1.82) is 0 Å². The third kappa shape index (κ3) is 2.57. The summed E-state index contributed by atoms with van der Waals surface area (Å²) in [5, 5.41) is 3.06. The van der Waals surface area contributed by atoms with Crippen molar-refractivity contribution in [3.63, 3.8) is 0 Å². The Balaban J connectivity index is 2.08. The molecule has 0 spiro atoms. The van der Waals surface area contributed by atoms with Gasteiger partial charge in [-0.05, 0) is 50.6 Å². The van der Waals surface area contributed by atoms with Gasteiger partial charge in [0, 0.05) is 23.6 Å². The molecule has 0 saturated carbocycles. The monoisotopic (exact) mass is 318 g/mol. The highest BCUT2D eigenvalue weighted by atomic mass is 16.5. The predicted octanol–water partition coefficient (Wildman–Crippen LogP) is 2.19. The van der Waals surface area contributed by atoms with E-state index in [1.54, 1.807) is 20.3 Å². The number of likely N-dealkylation sites (tertiary alicyclic amines) is 1. The van der Waals surface area contributed by atoms with Crippen LogP contribution in [0.1, 0.15) is 42.6 Å². The first-order valence-electron chi connectivity index (χ1n) is 8.30. The zero-order chi connectivity index (χ0) is 16.6. The van der Waals surface area contributed by atoms with Gasteiger partial charge in [-0.1, -0.05) is 6.92 Å². The van der Waals surface area contributed by atoms with Gasteiger partial charge in [0.25, 0.3) is 5.91 Å². The van der Waals surface area contributed by atoms with E-state index in [-0.39, 0.29) is 11.3 Å². The van der Waals surface area contributed by atoms with Gasteiger partial charge in [-0.25, -0.2) is 0 Å². The molecule has 2 aliphatic rings. The lowest BCUT2D eigenvalue weighted by atomic mass is 9.71. The van der Waals surface area contributed by atoms with Crippen molar-refractivity contribution in [2.75, 3.05) is 33.9 Å². The molecule has 2 atom stereocenters. The molecule has 126 valence electrons. The van der Waals surface area contributed by atoms with E-state index in [1.807, 2.05) is 6.07 Å². The van der Waals surface area contributed by atoms with Crippen LogP contribution in [0.5, 0.6) is 11.5 Å². The zero-order valence-electron chi connectivity index (χ0n) is 14.4. The second-order valence-corrected chi connectivity index (χ2v) is 6.77. The van der Waals surface area contributed by atoms with E-state index in [0.717, 1.165) is 18.7 Å². The molecule has 1 fully saturated rings. The summed E-state index contributed by atoms with van der Waals surface area (Å²) in [7, 11) is 3.23. The maximum absolute atomic E-state index is 12.4. The van der Waals surface area contributed by atoms with Gasteiger partial charge in [0.2, 0.25) is 0 Å². The molecule has 2 aliphatic heterocycles. The van der Waals surface area contributed by atoms with Gasteiger partial charge in [0.1, 0.15) is 0 Å². The minimum absolute atomic E-state index is 0.0351. The normalized spacial score (nSPS) is 25.7. The second kappa shape index (κ2) is 6.04. The summed E-state index contributed by atoms with van der Waals surface area (Å²) in [6, 6.07) is 4.14. The van der Waals surface area contributed by atoms with Gasteiger partial charge in [-0.3, -0.25) is 9.69 Å². The van der Waals surface area contributed by atoms with Crippen LogP contribution in [-0.4, -0.2) is 50.7 Å². The van der Waals surface area contributed by atoms with E-state index in [4.69, 9.17) is 9.47 Å². The Morgan fingerprint density at radius 3 is 2.39 bits per heavy atom. The van der Waals surface area contributed by atoms with E-state index in [0.29, 0.717) is 29.6 Å². The predicted molar refractivity (Wildman–Crippen MR) is 89.5 cm³/mol. The molecular formula is C18H26N2O3. The molecule has 1 saturated heterocycles. The molecule has 0 bridgehead atoms. The molecule has 23 heavy (non-hydrogen) atoms. The highest BCUT2D eigenvalue weighted by Crippen LogP contribution is 2.41. The lowest BCUT2D eigenvalue weighted by Crippen LogP contribution is -2.55. The highest BCUT2D eigenvalue weighted by molar-refractivity contribution is 5.98. The summed E-state index contributed by atoms with van der Waals surface area (Å²) in [4.78, 5) is 14.9. The number of rotatable bonds is 4. The standard InChI is InChI=1S/C18H26N2O3/c1-12(20-7-5-6-8-20)18(2)11-19-17(21)13-9-15(22-3)16(23-4)10-14(13)18/h9-10,12H,5-8,11H2,1-4H3,(H,19,21). The fourth-order valence-corrected chi connectivity index (χ4v) is 3.90. The van der Waals surface area contributed by atoms with Crippen LogP contribution in [0.4, 0.5) is 0 Å². The molecule has 0 radical (unpaired) electrons. The summed E-state index contributed by atoms with van der Waals surface area (Å²) in [6.07, 6.45) is 2.51. The number of methoxy groups -OCH3 is 2. The number of hydrogen-bond donors (Lipinski definition) is 1. The number of carbonyl (C=O) groups is 1. The number of ether oxygens (including phenoxy) is 2. The average Bonchev–Trinajstić information content (AvgIpc) is 3.11. The van der Waals surface area contributed by atoms with Crippen LogP contribution in [0.15, 0.2) is 12.1 Å². The Bertz CT molecular complexity index is 611. The van der Waals surface area contributed by atoms with Crippen molar-refractivity contribution in [3.05, 3.63) is 23.3 Å². The first-order valence-corrected chi connectivity index (χ1v) is 8.30. The molecular weight excluding hydrogens is 292 g/mol. The van der Waals surface area contributed by atoms with E-state index in [2.05, 4.69) is 24.1 Å². The largest absolute Gasteiger partial charge is 0.493 e. The third-order valence-electron chi connectivity index (χ3n) is 5.61. The van der Waals surface area contributed by atoms with E-state index < -0.39 is 0 Å². The first-order chi connectivity index (χ1) is 11.0. The lowest BCUT2D eigenvalue weighted by molar-refractivity contribution is 0.0888. The highest BCUT2D eigenvalue weighted by Gasteiger charge is 2.43.